The Balaban J connectivity index is 1.97. The van der Waals surface area contributed by atoms with Crippen molar-refractivity contribution in [2.75, 3.05) is 5.75 Å². The molecule has 122 valence electrons. The molecule has 0 aromatic rings. The van der Waals surface area contributed by atoms with E-state index in [1.165, 1.54) is 37.9 Å². The van der Waals surface area contributed by atoms with Crippen LogP contribution in [0.4, 0.5) is 0 Å². The minimum absolute atomic E-state index is 0.438. The van der Waals surface area contributed by atoms with Gasteiger partial charge in [-0.2, -0.15) is 0 Å². The molecule has 1 saturated heterocycles. The Morgan fingerprint density at radius 3 is 2.24 bits per heavy atom. The van der Waals surface area contributed by atoms with Gasteiger partial charge in [-0.25, -0.2) is 0 Å². The zero-order chi connectivity index (χ0) is 15.7. The SMILES string of the molecule is CC(C)(C)C1CCSC(C)(C2CCC(C=C(Br)Br)CC2)S1. The number of halogens is 2. The average molecular weight is 456 g/mol. The molecule has 0 amide bonds. The second-order valence-corrected chi connectivity index (χ2v) is 13.9. The van der Waals surface area contributed by atoms with Crippen molar-refractivity contribution in [3.63, 3.8) is 0 Å². The van der Waals surface area contributed by atoms with Crippen LogP contribution in [0.25, 0.3) is 0 Å². The second kappa shape index (κ2) is 7.53. The Morgan fingerprint density at radius 2 is 1.71 bits per heavy atom. The van der Waals surface area contributed by atoms with Crippen molar-refractivity contribution in [1.29, 1.82) is 0 Å². The van der Waals surface area contributed by atoms with E-state index in [1.807, 2.05) is 0 Å². The zero-order valence-electron chi connectivity index (χ0n) is 13.6. The minimum atomic E-state index is 0.438. The molecule has 1 aliphatic carbocycles. The Kier molecular flexibility index (Phi) is 6.71. The van der Waals surface area contributed by atoms with Gasteiger partial charge in [-0.05, 0) is 93.9 Å². The van der Waals surface area contributed by atoms with E-state index in [0.717, 1.165) is 20.5 Å². The van der Waals surface area contributed by atoms with Crippen molar-refractivity contribution in [1.82, 2.24) is 0 Å². The summed E-state index contributed by atoms with van der Waals surface area (Å²) >= 11 is 11.6. The molecular weight excluding hydrogens is 428 g/mol. The topological polar surface area (TPSA) is 0 Å². The summed E-state index contributed by atoms with van der Waals surface area (Å²) in [6.45, 7) is 9.77. The highest BCUT2D eigenvalue weighted by atomic mass is 79.9. The predicted molar refractivity (Wildman–Crippen MR) is 108 cm³/mol. The fourth-order valence-corrected chi connectivity index (χ4v) is 8.14. The van der Waals surface area contributed by atoms with E-state index in [1.54, 1.807) is 0 Å². The molecule has 2 unspecified atom stereocenters. The van der Waals surface area contributed by atoms with Gasteiger partial charge < -0.3 is 0 Å². The minimum Gasteiger partial charge on any atom is -0.144 e. The molecule has 0 aromatic heterocycles. The Hall–Kier alpha value is 1.40. The van der Waals surface area contributed by atoms with Crippen molar-refractivity contribution < 1.29 is 0 Å². The van der Waals surface area contributed by atoms with Gasteiger partial charge in [-0.1, -0.05) is 26.8 Å². The van der Waals surface area contributed by atoms with Crippen LogP contribution in [0.15, 0.2) is 9.47 Å². The third kappa shape index (κ3) is 5.19. The molecule has 0 nitrogen and oxygen atoms in total. The molecule has 0 N–H and O–H groups in total. The Labute approximate surface area is 156 Å². The maximum absolute atomic E-state index is 3.51. The molecule has 2 aliphatic rings. The molecule has 2 atom stereocenters. The third-order valence-electron chi connectivity index (χ3n) is 4.99. The van der Waals surface area contributed by atoms with E-state index >= 15 is 0 Å². The summed E-state index contributed by atoms with van der Waals surface area (Å²) in [5.41, 5.74) is 0.438. The highest BCUT2D eigenvalue weighted by molar-refractivity contribution is 9.28. The average Bonchev–Trinajstić information content (AvgIpc) is 2.38. The molecule has 2 fully saturated rings. The summed E-state index contributed by atoms with van der Waals surface area (Å²) in [6.07, 6.45) is 9.20. The van der Waals surface area contributed by atoms with Crippen LogP contribution in [0.2, 0.25) is 0 Å². The van der Waals surface area contributed by atoms with E-state index in [2.05, 4.69) is 89.2 Å². The first-order chi connectivity index (χ1) is 9.71. The fraction of sp³-hybridized carbons (Fsp3) is 0.882. The lowest BCUT2D eigenvalue weighted by Crippen LogP contribution is -2.40. The molecule has 2 rings (SSSR count). The first kappa shape index (κ1) is 18.7. The molecule has 0 radical (unpaired) electrons. The monoisotopic (exact) mass is 454 g/mol. The summed E-state index contributed by atoms with van der Waals surface area (Å²) in [4.78, 5) is 0. The van der Waals surface area contributed by atoms with Crippen LogP contribution in [0.1, 0.15) is 59.8 Å². The number of allylic oxidation sites excluding steroid dienone is 1. The molecule has 0 spiro atoms. The van der Waals surface area contributed by atoms with Crippen molar-refractivity contribution in [3.05, 3.63) is 9.47 Å². The van der Waals surface area contributed by atoms with Crippen LogP contribution in [0.3, 0.4) is 0 Å². The fourth-order valence-electron chi connectivity index (χ4n) is 3.56. The van der Waals surface area contributed by atoms with Crippen molar-refractivity contribution in [3.8, 4) is 0 Å². The first-order valence-electron chi connectivity index (χ1n) is 8.05. The lowest BCUT2D eigenvalue weighted by molar-refractivity contribution is 0.294. The van der Waals surface area contributed by atoms with Gasteiger partial charge >= 0.3 is 0 Å². The van der Waals surface area contributed by atoms with Crippen LogP contribution in [-0.4, -0.2) is 15.1 Å². The molecule has 1 aliphatic heterocycles. The van der Waals surface area contributed by atoms with E-state index in [-0.39, 0.29) is 0 Å². The number of hydrogen-bond donors (Lipinski definition) is 0. The second-order valence-electron chi connectivity index (χ2n) is 7.69. The van der Waals surface area contributed by atoms with Gasteiger partial charge in [0.15, 0.2) is 0 Å². The van der Waals surface area contributed by atoms with E-state index < -0.39 is 0 Å². The first-order valence-corrected chi connectivity index (χ1v) is 11.5. The number of rotatable bonds is 2. The summed E-state index contributed by atoms with van der Waals surface area (Å²) in [7, 11) is 0. The smallest absolute Gasteiger partial charge is 0.0614 e. The third-order valence-corrected chi connectivity index (χ3v) is 9.53. The zero-order valence-corrected chi connectivity index (χ0v) is 18.4. The Morgan fingerprint density at radius 1 is 1.10 bits per heavy atom. The van der Waals surface area contributed by atoms with Crippen molar-refractivity contribution in [2.24, 2.45) is 17.3 Å². The van der Waals surface area contributed by atoms with Gasteiger partial charge in [0.1, 0.15) is 0 Å². The Bertz CT molecular complexity index is 377. The summed E-state index contributed by atoms with van der Waals surface area (Å²) < 4.78 is 1.56. The highest BCUT2D eigenvalue weighted by Gasteiger charge is 2.44. The molecule has 1 saturated carbocycles. The van der Waals surface area contributed by atoms with Gasteiger partial charge in [-0.15, -0.1) is 23.5 Å². The lowest BCUT2D eigenvalue weighted by Gasteiger charge is -2.48. The van der Waals surface area contributed by atoms with Gasteiger partial charge in [0.25, 0.3) is 0 Å². The van der Waals surface area contributed by atoms with Crippen LogP contribution < -0.4 is 0 Å². The molecule has 21 heavy (non-hydrogen) atoms. The van der Waals surface area contributed by atoms with E-state index in [4.69, 9.17) is 0 Å². The standard InChI is InChI=1S/C17H28Br2S2/c1-16(2,3)14-9-10-20-17(4,21-14)13-7-5-12(6-8-13)11-15(18)19/h11-14H,5-10H2,1-4H3. The van der Waals surface area contributed by atoms with Crippen molar-refractivity contribution >= 4 is 55.4 Å². The molecule has 0 bridgehead atoms. The van der Waals surface area contributed by atoms with Gasteiger partial charge in [-0.3, -0.25) is 0 Å². The molecular formula is C17H28Br2S2. The highest BCUT2D eigenvalue weighted by Crippen LogP contribution is 2.57. The van der Waals surface area contributed by atoms with Gasteiger partial charge in [0.05, 0.1) is 7.47 Å². The summed E-state index contributed by atoms with van der Waals surface area (Å²) in [5.74, 6) is 2.99. The van der Waals surface area contributed by atoms with Gasteiger partial charge in [0.2, 0.25) is 0 Å². The summed E-state index contributed by atoms with van der Waals surface area (Å²) in [6, 6.07) is 0. The normalized spacial score (nSPS) is 38.1. The van der Waals surface area contributed by atoms with Crippen LogP contribution >= 0.6 is 55.4 Å². The van der Waals surface area contributed by atoms with Crippen LogP contribution in [0.5, 0.6) is 0 Å². The van der Waals surface area contributed by atoms with Gasteiger partial charge in [0, 0.05) is 5.25 Å². The molecule has 4 heteroatoms. The maximum atomic E-state index is 3.51. The summed E-state index contributed by atoms with van der Waals surface area (Å²) in [5, 5.41) is 0.818. The van der Waals surface area contributed by atoms with Crippen molar-refractivity contribution in [2.45, 2.75) is 69.1 Å². The van der Waals surface area contributed by atoms with Crippen LogP contribution in [-0.2, 0) is 0 Å². The number of hydrogen-bond acceptors (Lipinski definition) is 2. The van der Waals surface area contributed by atoms with E-state index in [0.29, 0.717) is 9.49 Å². The lowest BCUT2D eigenvalue weighted by atomic mass is 9.80. The predicted octanol–water partition coefficient (Wildman–Crippen LogP) is 7.43. The molecule has 0 aromatic carbocycles. The largest absolute Gasteiger partial charge is 0.144 e. The maximum Gasteiger partial charge on any atom is 0.0614 e. The van der Waals surface area contributed by atoms with E-state index in [9.17, 15) is 0 Å². The van der Waals surface area contributed by atoms with Crippen LogP contribution in [0, 0.1) is 17.3 Å². The quantitative estimate of drug-likeness (QED) is 0.424. The molecule has 1 heterocycles. The number of thioether (sulfide) groups is 2.